The van der Waals surface area contributed by atoms with E-state index in [0.717, 1.165) is 39.7 Å². The van der Waals surface area contributed by atoms with E-state index in [2.05, 4.69) is 279 Å². The average Bonchev–Trinajstić information content (AvgIpc) is 4.10. The highest BCUT2D eigenvalue weighted by atomic mass is 15.2. The van der Waals surface area contributed by atoms with Crippen LogP contribution >= 0.6 is 0 Å². The molecule has 2 heteroatoms. The number of fused-ring (bicyclic) bond motifs is 22. The largest absolute Gasteiger partial charge is 0.310 e. The fraction of sp³-hybridized carbons (Fsp3) is 0.0833. The quantitative estimate of drug-likeness (QED) is 0.174. The van der Waals surface area contributed by atoms with E-state index in [1.165, 1.54) is 100 Å². The first-order valence-corrected chi connectivity index (χ1v) is 26.2. The molecule has 2 nitrogen and oxygen atoms in total. The van der Waals surface area contributed by atoms with Gasteiger partial charge in [-0.2, -0.15) is 0 Å². The molecule has 5 aliphatic rings. The maximum Gasteiger partial charge on any atom is 0.0725 e. The van der Waals surface area contributed by atoms with Gasteiger partial charge in [0, 0.05) is 45.0 Å². The van der Waals surface area contributed by atoms with E-state index in [-0.39, 0.29) is 5.41 Å². The van der Waals surface area contributed by atoms with Crippen LogP contribution in [0.25, 0.3) is 55.6 Å². The minimum absolute atomic E-state index is 0.182. The summed E-state index contributed by atoms with van der Waals surface area (Å²) in [5.74, 6) is 0. The summed E-state index contributed by atoms with van der Waals surface area (Å²) in [6, 6.07) is 94.8. The Labute approximate surface area is 433 Å². The summed E-state index contributed by atoms with van der Waals surface area (Å²) in [6.45, 7) is 7.22. The average molecular weight is 943 g/mol. The van der Waals surface area contributed by atoms with Gasteiger partial charge in [-0.25, -0.2) is 0 Å². The third-order valence-electron chi connectivity index (χ3n) is 17.8. The Morgan fingerprint density at radius 1 is 0.257 bits per heavy atom. The Balaban J connectivity index is 1.01. The van der Waals surface area contributed by atoms with Crippen LogP contribution in [0.5, 0.6) is 0 Å². The standard InChI is InChI=1S/C72H50N2/c1-70(2)61-29-12-7-23-54(61)58-37-35-49(43-67(58)70)74-48-22-17-19-46(41-48)71(3)62-30-13-8-24-55(62)59-38-36-50(44-68(59)71)73(47-20-5-4-6-21-47)51-39-45(40-52(74)42-51)53-28-18-34-66-69(53)60-27-11-16-33-65(60)72(66)63-31-14-9-25-56(63)57-26-10-15-32-64(57)72/h4-44H,1-3H3. The van der Waals surface area contributed by atoms with Crippen molar-refractivity contribution in [3.8, 4) is 55.6 Å². The Kier molecular flexibility index (Phi) is 8.33. The summed E-state index contributed by atoms with van der Waals surface area (Å²) in [4.78, 5) is 5.04. The number of para-hydroxylation sites is 1. The molecule has 0 amide bonds. The van der Waals surface area contributed by atoms with Crippen LogP contribution in [0.2, 0.25) is 0 Å². The zero-order chi connectivity index (χ0) is 49.1. The van der Waals surface area contributed by atoms with E-state index in [0.29, 0.717) is 0 Å². The van der Waals surface area contributed by atoms with Crippen LogP contribution in [0.4, 0.5) is 34.1 Å². The van der Waals surface area contributed by atoms with Gasteiger partial charge in [0.25, 0.3) is 0 Å². The molecular formula is C72H50N2. The highest BCUT2D eigenvalue weighted by molar-refractivity contribution is 6.02. The van der Waals surface area contributed by atoms with Crippen LogP contribution in [0.15, 0.2) is 249 Å². The molecule has 1 atom stereocenters. The molecule has 1 heterocycles. The molecule has 74 heavy (non-hydrogen) atoms. The van der Waals surface area contributed by atoms with Gasteiger partial charge in [0.15, 0.2) is 0 Å². The molecule has 16 rings (SSSR count). The zero-order valence-corrected chi connectivity index (χ0v) is 41.6. The Hall–Kier alpha value is -8.98. The highest BCUT2D eigenvalue weighted by Gasteiger charge is 2.52. The SMILES string of the molecule is CC1(C)c2ccccc2-c2ccc(N3c4cc(-c5cccc6c5-c5ccccc5C65c6ccccc6-c6ccccc65)cc(c4)N(c4ccccc4)c4ccc5c(c4)C(C)(c4cccc3c4)c3ccccc3-5)cc21. The molecule has 6 bridgehead atoms. The molecule has 0 N–H and O–H groups in total. The van der Waals surface area contributed by atoms with Crippen molar-refractivity contribution in [2.24, 2.45) is 0 Å². The third kappa shape index (κ3) is 5.29. The first-order valence-electron chi connectivity index (χ1n) is 26.2. The molecular weight excluding hydrogens is 893 g/mol. The number of anilines is 6. The summed E-state index contributed by atoms with van der Waals surface area (Å²) in [7, 11) is 0. The minimum Gasteiger partial charge on any atom is -0.310 e. The van der Waals surface area contributed by atoms with Gasteiger partial charge in [-0.3, -0.25) is 0 Å². The highest BCUT2D eigenvalue weighted by Crippen LogP contribution is 2.65. The van der Waals surface area contributed by atoms with Gasteiger partial charge in [0.2, 0.25) is 0 Å². The second-order valence-corrected chi connectivity index (χ2v) is 21.7. The molecule has 4 aliphatic carbocycles. The molecule has 11 aromatic rings. The van der Waals surface area contributed by atoms with Gasteiger partial charge >= 0.3 is 0 Å². The predicted molar refractivity (Wildman–Crippen MR) is 306 cm³/mol. The number of rotatable bonds is 3. The van der Waals surface area contributed by atoms with Gasteiger partial charge in [-0.15, -0.1) is 0 Å². The number of hydrogen-bond donors (Lipinski definition) is 0. The molecule has 1 spiro atoms. The van der Waals surface area contributed by atoms with E-state index < -0.39 is 10.8 Å². The van der Waals surface area contributed by atoms with Crippen molar-refractivity contribution in [2.45, 2.75) is 37.0 Å². The second kappa shape index (κ2) is 14.8. The molecule has 0 saturated heterocycles. The normalized spacial score (nSPS) is 16.8. The zero-order valence-electron chi connectivity index (χ0n) is 41.6. The number of hydrogen-bond acceptors (Lipinski definition) is 2. The third-order valence-corrected chi connectivity index (χ3v) is 17.8. The summed E-state index contributed by atoms with van der Waals surface area (Å²) in [6.07, 6.45) is 0. The molecule has 0 saturated carbocycles. The van der Waals surface area contributed by atoms with E-state index in [9.17, 15) is 0 Å². The number of nitrogens with zero attached hydrogens (tertiary/aromatic N) is 2. The molecule has 11 aromatic carbocycles. The van der Waals surface area contributed by atoms with Gasteiger partial charge in [0.1, 0.15) is 0 Å². The van der Waals surface area contributed by atoms with E-state index in [1.807, 2.05) is 0 Å². The van der Waals surface area contributed by atoms with Crippen molar-refractivity contribution >= 4 is 34.1 Å². The van der Waals surface area contributed by atoms with E-state index >= 15 is 0 Å². The van der Waals surface area contributed by atoms with Crippen molar-refractivity contribution in [2.75, 3.05) is 9.80 Å². The van der Waals surface area contributed by atoms with Gasteiger partial charge in [0.05, 0.1) is 5.41 Å². The minimum atomic E-state index is -0.460. The van der Waals surface area contributed by atoms with Crippen molar-refractivity contribution < 1.29 is 0 Å². The topological polar surface area (TPSA) is 6.48 Å². The Morgan fingerprint density at radius 3 is 1.35 bits per heavy atom. The fourth-order valence-corrected chi connectivity index (χ4v) is 14.6. The van der Waals surface area contributed by atoms with Crippen molar-refractivity contribution in [1.29, 1.82) is 0 Å². The van der Waals surface area contributed by atoms with Gasteiger partial charge in [-0.1, -0.05) is 196 Å². The van der Waals surface area contributed by atoms with Crippen LogP contribution in [-0.2, 0) is 16.2 Å². The Bertz CT molecular complexity index is 4170. The number of benzene rings is 11. The van der Waals surface area contributed by atoms with E-state index in [4.69, 9.17) is 0 Å². The van der Waals surface area contributed by atoms with Crippen molar-refractivity contribution in [3.05, 3.63) is 299 Å². The molecule has 0 radical (unpaired) electrons. The lowest BCUT2D eigenvalue weighted by Crippen LogP contribution is -2.25. The molecule has 0 aromatic heterocycles. The maximum atomic E-state index is 2.54. The second-order valence-electron chi connectivity index (χ2n) is 21.7. The smallest absolute Gasteiger partial charge is 0.0725 e. The maximum absolute atomic E-state index is 2.54. The van der Waals surface area contributed by atoms with Crippen LogP contribution in [-0.4, -0.2) is 0 Å². The summed E-state index contributed by atoms with van der Waals surface area (Å²) in [5, 5.41) is 0. The van der Waals surface area contributed by atoms with Crippen LogP contribution in [0.3, 0.4) is 0 Å². The summed E-state index contributed by atoms with van der Waals surface area (Å²) < 4.78 is 0. The molecule has 1 unspecified atom stereocenters. The first kappa shape index (κ1) is 41.6. The summed E-state index contributed by atoms with van der Waals surface area (Å²) in [5.41, 5.74) is 30.4. The van der Waals surface area contributed by atoms with Crippen LogP contribution < -0.4 is 9.80 Å². The molecule has 0 fully saturated rings. The van der Waals surface area contributed by atoms with Crippen molar-refractivity contribution in [1.82, 2.24) is 0 Å². The molecule has 1 aliphatic heterocycles. The predicted octanol–water partition coefficient (Wildman–Crippen LogP) is 18.6. The lowest BCUT2D eigenvalue weighted by molar-refractivity contribution is 0.660. The molecule has 348 valence electrons. The van der Waals surface area contributed by atoms with Crippen LogP contribution in [0.1, 0.15) is 70.8 Å². The van der Waals surface area contributed by atoms with E-state index in [1.54, 1.807) is 0 Å². The fourth-order valence-electron chi connectivity index (χ4n) is 14.6. The van der Waals surface area contributed by atoms with Crippen molar-refractivity contribution in [3.63, 3.8) is 0 Å². The lowest BCUT2D eigenvalue weighted by atomic mass is 9.70. The summed E-state index contributed by atoms with van der Waals surface area (Å²) >= 11 is 0. The lowest BCUT2D eigenvalue weighted by Gasteiger charge is -2.35. The first-order chi connectivity index (χ1) is 36.3. The van der Waals surface area contributed by atoms with Gasteiger partial charge in [-0.05, 0) is 179 Å². The van der Waals surface area contributed by atoms with Crippen LogP contribution in [0, 0.1) is 0 Å². The van der Waals surface area contributed by atoms with Gasteiger partial charge < -0.3 is 9.80 Å². The Morgan fingerprint density at radius 2 is 0.689 bits per heavy atom. The monoisotopic (exact) mass is 942 g/mol.